The van der Waals surface area contributed by atoms with E-state index in [1.54, 1.807) is 0 Å². The molecule has 0 saturated heterocycles. The molecule has 0 unspecified atom stereocenters. The smallest absolute Gasteiger partial charge is 0.176 e. The van der Waals surface area contributed by atoms with Crippen LogP contribution in [-0.2, 0) is 6.42 Å². The van der Waals surface area contributed by atoms with E-state index >= 15 is 0 Å². The first-order chi connectivity index (χ1) is 9.64. The van der Waals surface area contributed by atoms with Gasteiger partial charge in [-0.2, -0.15) is 0 Å². The van der Waals surface area contributed by atoms with Gasteiger partial charge in [-0.05, 0) is 24.4 Å². The van der Waals surface area contributed by atoms with E-state index in [1.807, 2.05) is 12.1 Å². The van der Waals surface area contributed by atoms with Crippen LogP contribution in [-0.4, -0.2) is 30.3 Å². The lowest BCUT2D eigenvalue weighted by molar-refractivity contribution is 0.0920. The average molecular weight is 275 g/mol. The monoisotopic (exact) mass is 275 g/mol. The quantitative estimate of drug-likeness (QED) is 0.630. The molecule has 0 aromatic heterocycles. The number of hydrogen-bond acceptors (Lipinski definition) is 2. The van der Waals surface area contributed by atoms with Crippen molar-refractivity contribution in [1.29, 1.82) is 0 Å². The van der Waals surface area contributed by atoms with Gasteiger partial charge in [-0.15, -0.1) is 0 Å². The van der Waals surface area contributed by atoms with Crippen molar-refractivity contribution in [3.8, 4) is 0 Å². The number of nitrogens with zero attached hydrogens (tertiary/aromatic N) is 1. The van der Waals surface area contributed by atoms with Crippen molar-refractivity contribution in [1.82, 2.24) is 4.90 Å². The number of likely N-dealkylation sites (N-methyl/N-ethyl adjacent to an activating group) is 1. The van der Waals surface area contributed by atoms with Crippen LogP contribution in [0.25, 0.3) is 0 Å². The van der Waals surface area contributed by atoms with Gasteiger partial charge in [0.2, 0.25) is 0 Å². The second kappa shape index (κ2) is 8.91. The van der Waals surface area contributed by atoms with Crippen LogP contribution in [0.3, 0.4) is 0 Å². The molecule has 1 aromatic rings. The van der Waals surface area contributed by atoms with Crippen molar-refractivity contribution < 1.29 is 4.79 Å². The van der Waals surface area contributed by atoms with Crippen LogP contribution in [0.4, 0.5) is 0 Å². The highest BCUT2D eigenvalue weighted by molar-refractivity contribution is 5.97. The molecule has 0 aliphatic carbocycles. The summed E-state index contributed by atoms with van der Waals surface area (Å²) in [5.74, 6) is 0.936. The topological polar surface area (TPSA) is 20.3 Å². The van der Waals surface area contributed by atoms with Gasteiger partial charge in [-0.1, -0.05) is 64.8 Å². The fourth-order valence-corrected chi connectivity index (χ4v) is 2.44. The maximum atomic E-state index is 12.3. The van der Waals surface area contributed by atoms with Crippen LogP contribution < -0.4 is 0 Å². The van der Waals surface area contributed by atoms with E-state index in [9.17, 15) is 4.79 Å². The van der Waals surface area contributed by atoms with Crippen molar-refractivity contribution in [2.24, 2.45) is 5.92 Å². The average Bonchev–Trinajstić information content (AvgIpc) is 2.51. The number of ketones is 1. The van der Waals surface area contributed by atoms with Gasteiger partial charge in [0.05, 0.1) is 6.54 Å². The van der Waals surface area contributed by atoms with Crippen molar-refractivity contribution >= 4 is 5.78 Å². The number of rotatable bonds is 9. The lowest BCUT2D eigenvalue weighted by Crippen LogP contribution is -2.34. The van der Waals surface area contributed by atoms with E-state index in [4.69, 9.17) is 0 Å². The van der Waals surface area contributed by atoms with Crippen molar-refractivity contribution in [2.45, 2.75) is 47.0 Å². The Hall–Kier alpha value is -1.15. The molecular formula is C18H29NO. The third-order valence-electron chi connectivity index (χ3n) is 4.17. The molecule has 2 nitrogen and oxygen atoms in total. The number of aryl methyl sites for hydroxylation is 1. The van der Waals surface area contributed by atoms with Crippen LogP contribution in [0, 0.1) is 5.92 Å². The second-order valence-electron chi connectivity index (χ2n) is 5.48. The number of Topliss-reactive ketones (excluding diaryl/α,β-unsaturated/α-hetero) is 1. The normalized spacial score (nSPS) is 11.3. The lowest BCUT2D eigenvalue weighted by atomic mass is 10.0. The van der Waals surface area contributed by atoms with Gasteiger partial charge in [-0.3, -0.25) is 9.69 Å². The first kappa shape index (κ1) is 16.9. The van der Waals surface area contributed by atoms with Gasteiger partial charge in [0.25, 0.3) is 0 Å². The van der Waals surface area contributed by atoms with E-state index in [2.05, 4.69) is 44.7 Å². The van der Waals surface area contributed by atoms with Gasteiger partial charge in [0, 0.05) is 12.1 Å². The summed E-state index contributed by atoms with van der Waals surface area (Å²) in [7, 11) is 0. The Morgan fingerprint density at radius 1 is 1.05 bits per heavy atom. The van der Waals surface area contributed by atoms with Crippen LogP contribution >= 0.6 is 0 Å². The summed E-state index contributed by atoms with van der Waals surface area (Å²) in [4.78, 5) is 14.6. The summed E-state index contributed by atoms with van der Waals surface area (Å²) < 4.78 is 0. The molecule has 112 valence electrons. The number of benzene rings is 1. The zero-order valence-corrected chi connectivity index (χ0v) is 13.5. The predicted octanol–water partition coefficient (Wildman–Crippen LogP) is 4.19. The third kappa shape index (κ3) is 5.09. The van der Waals surface area contributed by atoms with E-state index in [-0.39, 0.29) is 5.78 Å². The molecule has 1 aromatic carbocycles. The Kier molecular flexibility index (Phi) is 7.53. The van der Waals surface area contributed by atoms with Gasteiger partial charge >= 0.3 is 0 Å². The summed E-state index contributed by atoms with van der Waals surface area (Å²) in [6.07, 6.45) is 3.39. The molecule has 0 heterocycles. The molecule has 2 heteroatoms. The second-order valence-corrected chi connectivity index (χ2v) is 5.48. The van der Waals surface area contributed by atoms with Crippen LogP contribution in [0.15, 0.2) is 24.3 Å². The first-order valence-corrected chi connectivity index (χ1v) is 7.98. The molecule has 1 rings (SSSR count). The van der Waals surface area contributed by atoms with Gasteiger partial charge in [0.15, 0.2) is 5.78 Å². The van der Waals surface area contributed by atoms with E-state index in [0.29, 0.717) is 12.5 Å². The largest absolute Gasteiger partial charge is 0.296 e. The summed E-state index contributed by atoms with van der Waals surface area (Å²) in [5.41, 5.74) is 2.12. The van der Waals surface area contributed by atoms with Crippen molar-refractivity contribution in [3.05, 3.63) is 35.4 Å². The summed E-state index contributed by atoms with van der Waals surface area (Å²) in [6, 6.07) is 8.05. The molecule has 0 bridgehead atoms. The van der Waals surface area contributed by atoms with Gasteiger partial charge in [0.1, 0.15) is 0 Å². The molecule has 0 atom stereocenters. The molecule has 0 spiro atoms. The zero-order valence-electron chi connectivity index (χ0n) is 13.5. The standard InChI is InChI=1S/C18H29NO/c1-5-15(6-2)13-19(8-4)14-18(20)17-11-9-16(7-3)10-12-17/h9-12,15H,5-8,13-14H2,1-4H3. The Bertz CT molecular complexity index is 392. The Labute approximate surface area is 124 Å². The molecule has 0 fully saturated rings. The molecular weight excluding hydrogens is 246 g/mol. The minimum Gasteiger partial charge on any atom is -0.296 e. The Morgan fingerprint density at radius 3 is 2.10 bits per heavy atom. The zero-order chi connectivity index (χ0) is 15.0. The van der Waals surface area contributed by atoms with Gasteiger partial charge in [-0.25, -0.2) is 0 Å². The minimum absolute atomic E-state index is 0.237. The van der Waals surface area contributed by atoms with E-state index in [1.165, 1.54) is 18.4 Å². The summed E-state index contributed by atoms with van der Waals surface area (Å²) in [5, 5.41) is 0. The van der Waals surface area contributed by atoms with E-state index < -0.39 is 0 Å². The van der Waals surface area contributed by atoms with Crippen LogP contribution in [0.5, 0.6) is 0 Å². The molecule has 0 aliphatic rings. The minimum atomic E-state index is 0.237. The lowest BCUT2D eigenvalue weighted by Gasteiger charge is -2.24. The van der Waals surface area contributed by atoms with E-state index in [0.717, 1.165) is 25.1 Å². The van der Waals surface area contributed by atoms with Crippen molar-refractivity contribution in [3.63, 3.8) is 0 Å². The van der Waals surface area contributed by atoms with Crippen LogP contribution in [0.1, 0.15) is 56.5 Å². The fourth-order valence-electron chi connectivity index (χ4n) is 2.44. The highest BCUT2D eigenvalue weighted by atomic mass is 16.1. The summed E-state index contributed by atoms with van der Waals surface area (Å²) >= 11 is 0. The number of hydrogen-bond donors (Lipinski definition) is 0. The van der Waals surface area contributed by atoms with Crippen LogP contribution in [0.2, 0.25) is 0 Å². The summed E-state index contributed by atoms with van der Waals surface area (Å²) in [6.45, 7) is 11.2. The molecule has 0 N–H and O–H groups in total. The highest BCUT2D eigenvalue weighted by Crippen LogP contribution is 2.11. The molecule has 20 heavy (non-hydrogen) atoms. The number of carbonyl (C=O) groups is 1. The number of carbonyl (C=O) groups excluding carboxylic acids is 1. The molecule has 0 aliphatic heterocycles. The predicted molar refractivity (Wildman–Crippen MR) is 86.3 cm³/mol. The Morgan fingerprint density at radius 2 is 1.65 bits per heavy atom. The Balaban J connectivity index is 2.61. The molecule has 0 radical (unpaired) electrons. The maximum Gasteiger partial charge on any atom is 0.176 e. The van der Waals surface area contributed by atoms with Crippen molar-refractivity contribution in [2.75, 3.05) is 19.6 Å². The SMILES string of the molecule is CCc1ccc(C(=O)CN(CC)CC(CC)CC)cc1. The molecule has 0 amide bonds. The molecule has 0 saturated carbocycles. The highest BCUT2D eigenvalue weighted by Gasteiger charge is 2.14. The maximum absolute atomic E-state index is 12.3. The van der Waals surface area contributed by atoms with Gasteiger partial charge < -0.3 is 0 Å². The third-order valence-corrected chi connectivity index (χ3v) is 4.17. The first-order valence-electron chi connectivity index (χ1n) is 7.98. The fraction of sp³-hybridized carbons (Fsp3) is 0.611.